The molecule has 1 unspecified atom stereocenters. The lowest BCUT2D eigenvalue weighted by Crippen LogP contribution is -2.44. The molecule has 1 N–H and O–H groups in total. The van der Waals surface area contributed by atoms with Gasteiger partial charge in [0.25, 0.3) is 11.8 Å². The van der Waals surface area contributed by atoms with Gasteiger partial charge in [-0.1, -0.05) is 12.1 Å². The topological polar surface area (TPSA) is 96.0 Å². The van der Waals surface area contributed by atoms with Crippen molar-refractivity contribution in [3.05, 3.63) is 83.7 Å². The molecule has 37 heavy (non-hydrogen) atoms. The number of hydrogen-bond donors (Lipinski definition) is 1. The second-order valence-electron chi connectivity index (χ2n) is 9.08. The highest BCUT2D eigenvalue weighted by atomic mass is 32.2. The Morgan fingerprint density at radius 3 is 2.38 bits per heavy atom. The Morgan fingerprint density at radius 2 is 1.70 bits per heavy atom. The summed E-state index contributed by atoms with van der Waals surface area (Å²) in [6.07, 6.45) is 0.998. The Labute approximate surface area is 214 Å². The zero-order chi connectivity index (χ0) is 26.2. The van der Waals surface area contributed by atoms with E-state index < -0.39 is 22.0 Å². The molecule has 1 saturated heterocycles. The van der Waals surface area contributed by atoms with Crippen LogP contribution in [0.5, 0.6) is 5.75 Å². The molecule has 0 radical (unpaired) electrons. The number of fused-ring (bicyclic) bond motifs is 1. The normalized spacial score (nSPS) is 17.8. The number of carbonyl (C=O) groups is 2. The first-order valence-electron chi connectivity index (χ1n) is 12.0. The predicted octanol–water partition coefficient (Wildman–Crippen LogP) is 4.18. The van der Waals surface area contributed by atoms with Crippen LogP contribution in [0.2, 0.25) is 0 Å². The molecule has 0 spiro atoms. The largest absolute Gasteiger partial charge is 0.479 e. The van der Waals surface area contributed by atoms with Crippen molar-refractivity contribution in [1.82, 2.24) is 4.31 Å². The van der Waals surface area contributed by atoms with E-state index in [1.54, 1.807) is 42.2 Å². The molecule has 5 rings (SSSR count). The molecule has 3 aromatic carbocycles. The zero-order valence-electron chi connectivity index (χ0n) is 20.2. The smallest absolute Gasteiger partial charge is 0.268 e. The first-order chi connectivity index (χ1) is 17.7. The third kappa shape index (κ3) is 5.07. The van der Waals surface area contributed by atoms with Crippen LogP contribution in [0.3, 0.4) is 0 Å². The van der Waals surface area contributed by atoms with Gasteiger partial charge in [-0.3, -0.25) is 9.59 Å². The van der Waals surface area contributed by atoms with Crippen LogP contribution in [0.15, 0.2) is 71.6 Å². The molecule has 192 valence electrons. The standard InChI is InChI=1S/C27H26FN3O5S/c1-18-27(33)31(17-19-4-8-21(28)9-5-19)24-16-22(10-13-25(24)36-18)29-26(32)20-6-11-23(12-7-20)37(34,35)30-14-2-3-15-30/h4-13,16,18H,2-3,14-15,17H2,1H3,(H,29,32). The molecule has 0 aromatic heterocycles. The molecule has 0 bridgehead atoms. The van der Waals surface area contributed by atoms with Crippen LogP contribution in [0.4, 0.5) is 15.8 Å². The van der Waals surface area contributed by atoms with E-state index in [1.807, 2.05) is 0 Å². The Kier molecular flexibility index (Phi) is 6.70. The SMILES string of the molecule is CC1Oc2ccc(NC(=O)c3ccc(S(=O)(=O)N4CCCC4)cc3)cc2N(Cc2ccc(F)cc2)C1=O. The van der Waals surface area contributed by atoms with Crippen LogP contribution >= 0.6 is 0 Å². The van der Waals surface area contributed by atoms with Gasteiger partial charge in [-0.25, -0.2) is 12.8 Å². The number of halogens is 1. The summed E-state index contributed by atoms with van der Waals surface area (Å²) in [6.45, 7) is 2.88. The lowest BCUT2D eigenvalue weighted by Gasteiger charge is -2.33. The first kappa shape index (κ1) is 24.9. The number of nitrogens with one attached hydrogen (secondary N) is 1. The van der Waals surface area contributed by atoms with Gasteiger partial charge in [-0.15, -0.1) is 0 Å². The number of benzene rings is 3. The van der Waals surface area contributed by atoms with Crippen LogP contribution in [0, 0.1) is 5.82 Å². The number of ether oxygens (including phenoxy) is 1. The molecule has 8 nitrogen and oxygen atoms in total. The van der Waals surface area contributed by atoms with Gasteiger partial charge in [0, 0.05) is 24.3 Å². The fraction of sp³-hybridized carbons (Fsp3) is 0.259. The summed E-state index contributed by atoms with van der Waals surface area (Å²) in [6, 6.07) is 16.7. The molecule has 0 saturated carbocycles. The van der Waals surface area contributed by atoms with E-state index in [0.29, 0.717) is 35.8 Å². The van der Waals surface area contributed by atoms with Gasteiger partial charge in [0.05, 0.1) is 17.1 Å². The molecule has 2 aliphatic rings. The maximum atomic E-state index is 13.3. The van der Waals surface area contributed by atoms with Gasteiger partial charge in [-0.2, -0.15) is 4.31 Å². The van der Waals surface area contributed by atoms with Gasteiger partial charge in [0.1, 0.15) is 11.6 Å². The summed E-state index contributed by atoms with van der Waals surface area (Å²) in [4.78, 5) is 27.5. The molecule has 1 fully saturated rings. The Morgan fingerprint density at radius 1 is 1.03 bits per heavy atom. The summed E-state index contributed by atoms with van der Waals surface area (Å²) < 4.78 is 46.0. The van der Waals surface area contributed by atoms with Crippen LogP contribution in [0.1, 0.15) is 35.7 Å². The van der Waals surface area contributed by atoms with Crippen molar-refractivity contribution in [3.63, 3.8) is 0 Å². The lowest BCUT2D eigenvalue weighted by molar-refractivity contribution is -0.125. The van der Waals surface area contributed by atoms with E-state index in [4.69, 9.17) is 4.74 Å². The minimum atomic E-state index is -3.57. The molecule has 0 aliphatic carbocycles. The average molecular weight is 524 g/mol. The first-order valence-corrected chi connectivity index (χ1v) is 13.4. The summed E-state index contributed by atoms with van der Waals surface area (Å²) in [5.74, 6) is -0.553. The summed E-state index contributed by atoms with van der Waals surface area (Å²) in [5.41, 5.74) is 1.96. The lowest BCUT2D eigenvalue weighted by atomic mass is 10.1. The van der Waals surface area contributed by atoms with Crippen molar-refractivity contribution in [3.8, 4) is 5.75 Å². The predicted molar refractivity (Wildman–Crippen MR) is 137 cm³/mol. The van der Waals surface area contributed by atoms with Crippen LogP contribution in [0.25, 0.3) is 0 Å². The van der Waals surface area contributed by atoms with E-state index in [2.05, 4.69) is 5.32 Å². The fourth-order valence-corrected chi connectivity index (χ4v) is 6.00. The maximum absolute atomic E-state index is 13.3. The highest BCUT2D eigenvalue weighted by Gasteiger charge is 2.32. The number of carbonyl (C=O) groups excluding carboxylic acids is 2. The molecule has 2 heterocycles. The van der Waals surface area contributed by atoms with E-state index in [1.165, 1.54) is 40.7 Å². The molecule has 2 amide bonds. The molecule has 3 aromatic rings. The third-order valence-electron chi connectivity index (χ3n) is 6.50. The molecular weight excluding hydrogens is 497 g/mol. The zero-order valence-corrected chi connectivity index (χ0v) is 21.0. The molecular formula is C27H26FN3O5S. The fourth-order valence-electron chi connectivity index (χ4n) is 4.48. The molecule has 1 atom stereocenters. The van der Waals surface area contributed by atoms with Crippen molar-refractivity contribution in [2.24, 2.45) is 0 Å². The average Bonchev–Trinajstić information content (AvgIpc) is 3.44. The van der Waals surface area contributed by atoms with E-state index >= 15 is 0 Å². The van der Waals surface area contributed by atoms with Crippen molar-refractivity contribution in [2.45, 2.75) is 37.3 Å². The Bertz CT molecular complexity index is 1440. The quantitative estimate of drug-likeness (QED) is 0.523. The minimum Gasteiger partial charge on any atom is -0.479 e. The van der Waals surface area contributed by atoms with Gasteiger partial charge in [0.2, 0.25) is 10.0 Å². The monoisotopic (exact) mass is 523 g/mol. The second-order valence-corrected chi connectivity index (χ2v) is 11.0. The van der Waals surface area contributed by atoms with Gasteiger partial charge < -0.3 is 15.0 Å². The van der Waals surface area contributed by atoms with Crippen LogP contribution in [-0.2, 0) is 21.4 Å². The number of amides is 2. The van der Waals surface area contributed by atoms with Gasteiger partial charge in [-0.05, 0) is 79.9 Å². The van der Waals surface area contributed by atoms with E-state index in [0.717, 1.165) is 18.4 Å². The van der Waals surface area contributed by atoms with Crippen molar-refractivity contribution in [1.29, 1.82) is 0 Å². The maximum Gasteiger partial charge on any atom is 0.268 e. The number of hydrogen-bond acceptors (Lipinski definition) is 5. The van der Waals surface area contributed by atoms with Crippen molar-refractivity contribution >= 4 is 33.2 Å². The number of nitrogens with zero attached hydrogens (tertiary/aromatic N) is 2. The highest BCUT2D eigenvalue weighted by Crippen LogP contribution is 2.37. The van der Waals surface area contributed by atoms with Crippen LogP contribution < -0.4 is 15.0 Å². The van der Waals surface area contributed by atoms with Crippen molar-refractivity contribution < 1.29 is 27.1 Å². The summed E-state index contributed by atoms with van der Waals surface area (Å²) in [7, 11) is -3.57. The number of rotatable bonds is 6. The van der Waals surface area contributed by atoms with Gasteiger partial charge >= 0.3 is 0 Å². The third-order valence-corrected chi connectivity index (χ3v) is 8.41. The number of sulfonamides is 1. The summed E-state index contributed by atoms with van der Waals surface area (Å²) in [5, 5.41) is 2.80. The Balaban J connectivity index is 1.35. The minimum absolute atomic E-state index is 0.154. The number of anilines is 2. The summed E-state index contributed by atoms with van der Waals surface area (Å²) >= 11 is 0. The Hall–Kier alpha value is -3.76. The molecule has 10 heteroatoms. The second kappa shape index (κ2) is 9.95. The highest BCUT2D eigenvalue weighted by molar-refractivity contribution is 7.89. The van der Waals surface area contributed by atoms with E-state index in [-0.39, 0.29) is 23.2 Å². The van der Waals surface area contributed by atoms with Crippen LogP contribution in [-0.4, -0.2) is 43.7 Å². The van der Waals surface area contributed by atoms with Crippen molar-refractivity contribution in [2.75, 3.05) is 23.3 Å². The molecule has 2 aliphatic heterocycles. The van der Waals surface area contributed by atoms with E-state index in [9.17, 15) is 22.4 Å². The van der Waals surface area contributed by atoms with Gasteiger partial charge in [0.15, 0.2) is 6.10 Å².